The summed E-state index contributed by atoms with van der Waals surface area (Å²) in [5.74, 6) is -0.164. The van der Waals surface area contributed by atoms with Gasteiger partial charge in [-0.3, -0.25) is 9.48 Å². The molecule has 0 atom stereocenters. The summed E-state index contributed by atoms with van der Waals surface area (Å²) in [6.07, 6.45) is 2.28. The Bertz CT molecular complexity index is 751. The van der Waals surface area contributed by atoms with Gasteiger partial charge in [0.05, 0.1) is 11.8 Å². The topological polar surface area (TPSA) is 93.4 Å². The molecule has 7 heteroatoms. The van der Waals surface area contributed by atoms with E-state index >= 15 is 0 Å². The van der Waals surface area contributed by atoms with Crippen molar-refractivity contribution in [2.24, 2.45) is 5.92 Å². The number of carboxylic acid groups (broad SMARTS) is 1. The normalized spacial score (nSPS) is 10.8. The van der Waals surface area contributed by atoms with E-state index in [2.05, 4.69) is 24.3 Å². The van der Waals surface area contributed by atoms with Gasteiger partial charge in [-0.05, 0) is 37.0 Å². The standard InChI is InChI=1S/C19H25N3O4/c1-13(2)11-22-14(3)17(10-21-22)19(25)20-9-8-15-4-6-16(7-5-15)26-12-18(23)24/h4-7,10,13H,8-9,11-12H2,1-3H3,(H,20,25)(H,23,24). The zero-order chi connectivity index (χ0) is 19.1. The van der Waals surface area contributed by atoms with Crippen LogP contribution >= 0.6 is 0 Å². The fraction of sp³-hybridized carbons (Fsp3) is 0.421. The van der Waals surface area contributed by atoms with Crippen molar-refractivity contribution in [3.8, 4) is 5.75 Å². The molecule has 2 rings (SSSR count). The highest BCUT2D eigenvalue weighted by Gasteiger charge is 2.14. The molecule has 0 aliphatic rings. The molecule has 0 bridgehead atoms. The minimum atomic E-state index is -1.01. The van der Waals surface area contributed by atoms with E-state index in [1.54, 1.807) is 18.3 Å². The average molecular weight is 359 g/mol. The van der Waals surface area contributed by atoms with Crippen LogP contribution in [0.4, 0.5) is 0 Å². The van der Waals surface area contributed by atoms with E-state index < -0.39 is 5.97 Å². The zero-order valence-electron chi connectivity index (χ0n) is 15.4. The molecule has 0 saturated heterocycles. The summed E-state index contributed by atoms with van der Waals surface area (Å²) in [6.45, 7) is 7.05. The number of carbonyl (C=O) groups excluding carboxylic acids is 1. The lowest BCUT2D eigenvalue weighted by molar-refractivity contribution is -0.139. The first-order valence-corrected chi connectivity index (χ1v) is 8.61. The van der Waals surface area contributed by atoms with Gasteiger partial charge < -0.3 is 15.2 Å². The molecule has 1 aromatic carbocycles. The van der Waals surface area contributed by atoms with Crippen molar-refractivity contribution in [1.82, 2.24) is 15.1 Å². The number of benzene rings is 1. The summed E-state index contributed by atoms with van der Waals surface area (Å²) in [6, 6.07) is 7.16. The van der Waals surface area contributed by atoms with Gasteiger partial charge >= 0.3 is 5.97 Å². The lowest BCUT2D eigenvalue weighted by Crippen LogP contribution is -2.26. The fourth-order valence-electron chi connectivity index (χ4n) is 2.51. The number of aromatic nitrogens is 2. The molecule has 140 valence electrons. The maximum Gasteiger partial charge on any atom is 0.341 e. The molecule has 0 aliphatic carbocycles. The Morgan fingerprint density at radius 2 is 1.96 bits per heavy atom. The number of nitrogens with zero attached hydrogens (tertiary/aromatic N) is 2. The Morgan fingerprint density at radius 3 is 2.58 bits per heavy atom. The lowest BCUT2D eigenvalue weighted by Gasteiger charge is -2.09. The first-order chi connectivity index (χ1) is 12.4. The number of amides is 1. The second-order valence-corrected chi connectivity index (χ2v) is 6.55. The van der Waals surface area contributed by atoms with Crippen LogP contribution in [-0.4, -0.2) is 39.9 Å². The summed E-state index contributed by atoms with van der Waals surface area (Å²) in [5, 5.41) is 15.8. The highest BCUT2D eigenvalue weighted by Crippen LogP contribution is 2.13. The Kier molecular flexibility index (Phi) is 6.77. The summed E-state index contributed by atoms with van der Waals surface area (Å²) < 4.78 is 6.94. The van der Waals surface area contributed by atoms with Gasteiger partial charge in [-0.1, -0.05) is 26.0 Å². The molecule has 2 N–H and O–H groups in total. The SMILES string of the molecule is Cc1c(C(=O)NCCc2ccc(OCC(=O)O)cc2)cnn1CC(C)C. The van der Waals surface area contributed by atoms with Crippen LogP contribution in [0.5, 0.6) is 5.75 Å². The molecule has 1 aromatic heterocycles. The van der Waals surface area contributed by atoms with E-state index in [0.717, 1.165) is 17.8 Å². The summed E-state index contributed by atoms with van der Waals surface area (Å²) >= 11 is 0. The summed E-state index contributed by atoms with van der Waals surface area (Å²) in [5.41, 5.74) is 2.50. The van der Waals surface area contributed by atoms with Gasteiger partial charge in [0.1, 0.15) is 5.75 Å². The van der Waals surface area contributed by atoms with E-state index in [1.165, 1.54) is 0 Å². The molecule has 1 amide bonds. The van der Waals surface area contributed by atoms with Crippen molar-refractivity contribution in [3.63, 3.8) is 0 Å². The van der Waals surface area contributed by atoms with Crippen molar-refractivity contribution < 1.29 is 19.4 Å². The molecule has 0 radical (unpaired) electrons. The van der Waals surface area contributed by atoms with Crippen molar-refractivity contribution in [1.29, 1.82) is 0 Å². The number of ether oxygens (including phenoxy) is 1. The second kappa shape index (κ2) is 9.03. The molecular formula is C19H25N3O4. The van der Waals surface area contributed by atoms with Crippen molar-refractivity contribution in [3.05, 3.63) is 47.3 Å². The number of carboxylic acids is 1. The molecule has 1 heterocycles. The molecular weight excluding hydrogens is 334 g/mol. The number of rotatable bonds is 9. The van der Waals surface area contributed by atoms with Gasteiger partial charge in [0.15, 0.2) is 6.61 Å². The lowest BCUT2D eigenvalue weighted by atomic mass is 10.1. The third-order valence-electron chi connectivity index (χ3n) is 3.87. The summed E-state index contributed by atoms with van der Waals surface area (Å²) in [4.78, 5) is 22.8. The highest BCUT2D eigenvalue weighted by molar-refractivity contribution is 5.95. The van der Waals surface area contributed by atoms with E-state index in [4.69, 9.17) is 9.84 Å². The van der Waals surface area contributed by atoms with Crippen LogP contribution in [0.15, 0.2) is 30.5 Å². The maximum absolute atomic E-state index is 12.3. The molecule has 0 spiro atoms. The Balaban J connectivity index is 1.83. The monoisotopic (exact) mass is 359 g/mol. The molecule has 2 aromatic rings. The average Bonchev–Trinajstić information content (AvgIpc) is 2.94. The van der Waals surface area contributed by atoms with Gasteiger partial charge in [-0.25, -0.2) is 4.79 Å². The predicted octanol–water partition coefficient (Wildman–Crippen LogP) is 2.28. The Hall–Kier alpha value is -2.83. The van der Waals surface area contributed by atoms with Crippen molar-refractivity contribution >= 4 is 11.9 Å². The first kappa shape index (κ1) is 19.5. The van der Waals surface area contributed by atoms with Crippen LogP contribution in [0.3, 0.4) is 0 Å². The van der Waals surface area contributed by atoms with Crippen LogP contribution in [0.25, 0.3) is 0 Å². The number of hydrogen-bond acceptors (Lipinski definition) is 4. The molecule has 0 saturated carbocycles. The number of nitrogens with one attached hydrogen (secondary N) is 1. The van der Waals surface area contributed by atoms with Crippen LogP contribution in [-0.2, 0) is 17.8 Å². The molecule has 0 aliphatic heterocycles. The molecule has 0 unspecified atom stereocenters. The fourth-order valence-corrected chi connectivity index (χ4v) is 2.51. The van der Waals surface area contributed by atoms with Gasteiger partial charge in [-0.15, -0.1) is 0 Å². The highest BCUT2D eigenvalue weighted by atomic mass is 16.5. The molecule has 7 nitrogen and oxygen atoms in total. The van der Waals surface area contributed by atoms with E-state index in [1.807, 2.05) is 23.7 Å². The number of hydrogen-bond donors (Lipinski definition) is 2. The molecule has 26 heavy (non-hydrogen) atoms. The second-order valence-electron chi connectivity index (χ2n) is 6.55. The minimum absolute atomic E-state index is 0.126. The van der Waals surface area contributed by atoms with E-state index in [9.17, 15) is 9.59 Å². The van der Waals surface area contributed by atoms with Crippen LogP contribution < -0.4 is 10.1 Å². The molecule has 0 fully saturated rings. The number of carbonyl (C=O) groups is 2. The zero-order valence-corrected chi connectivity index (χ0v) is 15.4. The van der Waals surface area contributed by atoms with Crippen LogP contribution in [0.1, 0.15) is 35.5 Å². The van der Waals surface area contributed by atoms with Crippen LogP contribution in [0.2, 0.25) is 0 Å². The minimum Gasteiger partial charge on any atom is -0.482 e. The maximum atomic E-state index is 12.3. The van der Waals surface area contributed by atoms with Gasteiger partial charge in [0.2, 0.25) is 0 Å². The van der Waals surface area contributed by atoms with Crippen molar-refractivity contribution in [2.45, 2.75) is 33.7 Å². The first-order valence-electron chi connectivity index (χ1n) is 8.61. The van der Waals surface area contributed by atoms with E-state index in [0.29, 0.717) is 30.2 Å². The van der Waals surface area contributed by atoms with Gasteiger partial charge in [0, 0.05) is 18.8 Å². The third kappa shape index (κ3) is 5.61. The predicted molar refractivity (Wildman–Crippen MR) is 97.4 cm³/mol. The third-order valence-corrected chi connectivity index (χ3v) is 3.87. The van der Waals surface area contributed by atoms with Gasteiger partial charge in [-0.2, -0.15) is 5.10 Å². The Morgan fingerprint density at radius 1 is 1.27 bits per heavy atom. The quantitative estimate of drug-likeness (QED) is 0.716. The largest absolute Gasteiger partial charge is 0.482 e. The number of aliphatic carboxylic acids is 1. The van der Waals surface area contributed by atoms with Crippen LogP contribution in [0, 0.1) is 12.8 Å². The Labute approximate surface area is 153 Å². The smallest absolute Gasteiger partial charge is 0.341 e. The van der Waals surface area contributed by atoms with E-state index in [-0.39, 0.29) is 12.5 Å². The van der Waals surface area contributed by atoms with Crippen molar-refractivity contribution in [2.75, 3.05) is 13.2 Å². The van der Waals surface area contributed by atoms with Gasteiger partial charge in [0.25, 0.3) is 5.91 Å². The summed E-state index contributed by atoms with van der Waals surface area (Å²) in [7, 11) is 0.